The maximum absolute atomic E-state index is 11.0. The van der Waals surface area contributed by atoms with E-state index in [2.05, 4.69) is 15.9 Å². The van der Waals surface area contributed by atoms with Crippen LogP contribution in [0.2, 0.25) is 5.02 Å². The van der Waals surface area contributed by atoms with Gasteiger partial charge in [-0.15, -0.1) is 0 Å². The summed E-state index contributed by atoms with van der Waals surface area (Å²) in [7, 11) is 3.42. The molecular formula is C13H14BrClN2O3. The number of aromatic nitrogens is 1. The monoisotopic (exact) mass is 360 g/mol. The minimum atomic E-state index is -1.05. The van der Waals surface area contributed by atoms with Crippen LogP contribution in [0.15, 0.2) is 16.7 Å². The maximum Gasteiger partial charge on any atom is 0.320 e. The van der Waals surface area contributed by atoms with Crippen LogP contribution in [0.4, 0.5) is 0 Å². The number of aliphatic carboxylic acids is 1. The highest BCUT2D eigenvalue weighted by atomic mass is 79.9. The van der Waals surface area contributed by atoms with E-state index in [9.17, 15) is 4.79 Å². The third kappa shape index (κ3) is 2.39. The van der Waals surface area contributed by atoms with Gasteiger partial charge >= 0.3 is 5.97 Å². The van der Waals surface area contributed by atoms with Gasteiger partial charge in [-0.3, -0.25) is 4.79 Å². The first-order valence-corrected chi connectivity index (χ1v) is 7.03. The molecule has 3 N–H and O–H groups in total. The van der Waals surface area contributed by atoms with Crippen molar-refractivity contribution < 1.29 is 14.6 Å². The van der Waals surface area contributed by atoms with Crippen LogP contribution in [-0.2, 0) is 18.3 Å². The van der Waals surface area contributed by atoms with Gasteiger partial charge in [-0.2, -0.15) is 0 Å². The largest absolute Gasteiger partial charge is 0.495 e. The third-order valence-corrected chi connectivity index (χ3v) is 4.56. The van der Waals surface area contributed by atoms with Crippen LogP contribution in [-0.4, -0.2) is 28.8 Å². The summed E-state index contributed by atoms with van der Waals surface area (Å²) in [5.41, 5.74) is 7.20. The summed E-state index contributed by atoms with van der Waals surface area (Å²) in [4.78, 5) is 11.0. The molecule has 1 unspecified atom stereocenters. The number of benzene rings is 1. The van der Waals surface area contributed by atoms with Gasteiger partial charge < -0.3 is 20.1 Å². The van der Waals surface area contributed by atoms with Gasteiger partial charge in [-0.05, 0) is 33.6 Å². The van der Waals surface area contributed by atoms with Crippen LogP contribution < -0.4 is 10.5 Å². The molecule has 0 fully saturated rings. The van der Waals surface area contributed by atoms with E-state index in [-0.39, 0.29) is 6.42 Å². The number of nitrogens with zero attached hydrogens (tertiary/aromatic N) is 1. The van der Waals surface area contributed by atoms with Crippen LogP contribution in [0.5, 0.6) is 5.75 Å². The molecule has 20 heavy (non-hydrogen) atoms. The van der Waals surface area contributed by atoms with Crippen molar-refractivity contribution in [2.24, 2.45) is 12.8 Å². The number of rotatable bonds is 4. The van der Waals surface area contributed by atoms with Crippen molar-refractivity contribution in [2.75, 3.05) is 7.11 Å². The van der Waals surface area contributed by atoms with Crippen LogP contribution in [0, 0.1) is 0 Å². The van der Waals surface area contributed by atoms with Gasteiger partial charge in [0, 0.05) is 18.9 Å². The van der Waals surface area contributed by atoms with Crippen LogP contribution in [0.3, 0.4) is 0 Å². The zero-order chi connectivity index (χ0) is 15.0. The van der Waals surface area contributed by atoms with Crippen LogP contribution in [0.1, 0.15) is 5.56 Å². The van der Waals surface area contributed by atoms with E-state index in [1.165, 1.54) is 0 Å². The zero-order valence-corrected chi connectivity index (χ0v) is 13.3. The molecule has 0 aliphatic carbocycles. The van der Waals surface area contributed by atoms with Gasteiger partial charge in [0.2, 0.25) is 0 Å². The van der Waals surface area contributed by atoms with Crippen molar-refractivity contribution in [1.82, 2.24) is 4.57 Å². The van der Waals surface area contributed by atoms with Gasteiger partial charge in [-0.1, -0.05) is 11.6 Å². The topological polar surface area (TPSA) is 77.5 Å². The molecule has 0 bridgehead atoms. The fraction of sp³-hybridized carbons (Fsp3) is 0.308. The predicted octanol–water partition coefficient (Wildman–Crippen LogP) is 2.56. The van der Waals surface area contributed by atoms with Gasteiger partial charge in [0.05, 0.1) is 22.3 Å². The zero-order valence-electron chi connectivity index (χ0n) is 11.0. The summed E-state index contributed by atoms with van der Waals surface area (Å²) in [5, 5.41) is 10.3. The Morgan fingerprint density at radius 1 is 1.60 bits per heavy atom. The Morgan fingerprint density at radius 2 is 2.25 bits per heavy atom. The Morgan fingerprint density at radius 3 is 2.80 bits per heavy atom. The van der Waals surface area contributed by atoms with E-state index >= 15 is 0 Å². The molecule has 7 heteroatoms. The van der Waals surface area contributed by atoms with Crippen molar-refractivity contribution in [3.05, 3.63) is 27.3 Å². The number of methoxy groups -OCH3 is 1. The first kappa shape index (κ1) is 15.2. The molecule has 0 spiro atoms. The molecular weight excluding hydrogens is 348 g/mol. The molecule has 0 amide bonds. The van der Waals surface area contributed by atoms with E-state index < -0.39 is 12.0 Å². The second-order valence-electron chi connectivity index (χ2n) is 4.45. The second kappa shape index (κ2) is 5.63. The summed E-state index contributed by atoms with van der Waals surface area (Å²) in [6, 6.07) is 2.52. The number of fused-ring (bicyclic) bond motifs is 1. The van der Waals surface area contributed by atoms with Crippen molar-refractivity contribution in [3.63, 3.8) is 0 Å². The Balaban J connectivity index is 2.72. The van der Waals surface area contributed by atoms with Crippen molar-refractivity contribution in [1.29, 1.82) is 0 Å². The molecule has 0 aliphatic rings. The minimum absolute atomic E-state index is 0.181. The number of carboxylic acids is 1. The van der Waals surface area contributed by atoms with E-state index in [4.69, 9.17) is 27.2 Å². The van der Waals surface area contributed by atoms with E-state index in [0.717, 1.165) is 21.1 Å². The standard InChI is InChI=1S/C13H14BrClN2O3/c1-17-11-9(20-2)4-3-7(15)10(11)6(12(17)14)5-8(16)13(18)19/h3-4,8H,5,16H2,1-2H3,(H,18,19). The number of hydrogen-bond donors (Lipinski definition) is 2. The lowest BCUT2D eigenvalue weighted by atomic mass is 10.1. The fourth-order valence-electron chi connectivity index (χ4n) is 2.23. The number of hydrogen-bond acceptors (Lipinski definition) is 3. The molecule has 1 aromatic heterocycles. The Bertz CT molecular complexity index is 684. The lowest BCUT2D eigenvalue weighted by molar-refractivity contribution is -0.138. The Hall–Kier alpha value is -1.24. The second-order valence-corrected chi connectivity index (χ2v) is 5.61. The van der Waals surface area contributed by atoms with E-state index in [0.29, 0.717) is 10.8 Å². The highest BCUT2D eigenvalue weighted by molar-refractivity contribution is 9.10. The SMILES string of the molecule is COc1ccc(Cl)c2c(CC(N)C(=O)O)c(Br)n(C)c12. The molecule has 108 valence electrons. The predicted molar refractivity (Wildman–Crippen MR) is 81.5 cm³/mol. The number of carboxylic acid groups (broad SMARTS) is 1. The van der Waals surface area contributed by atoms with Gasteiger partial charge in [0.1, 0.15) is 11.8 Å². The molecule has 1 atom stereocenters. The molecule has 0 aliphatic heterocycles. The van der Waals surface area contributed by atoms with Crippen LogP contribution in [0.25, 0.3) is 10.9 Å². The summed E-state index contributed by atoms with van der Waals surface area (Å²) >= 11 is 9.73. The van der Waals surface area contributed by atoms with Gasteiger partial charge in [-0.25, -0.2) is 0 Å². The number of carbonyl (C=O) groups is 1. The first-order valence-electron chi connectivity index (χ1n) is 5.86. The molecule has 0 saturated heterocycles. The Labute approximate surface area is 129 Å². The number of nitrogens with two attached hydrogens (primary N) is 1. The summed E-state index contributed by atoms with van der Waals surface area (Å²) < 4.78 is 7.95. The molecule has 0 radical (unpaired) electrons. The molecule has 1 aromatic carbocycles. The summed E-state index contributed by atoms with van der Waals surface area (Å²) in [6.07, 6.45) is 0.181. The molecule has 2 rings (SSSR count). The average molecular weight is 362 g/mol. The maximum atomic E-state index is 11.0. The normalized spacial score (nSPS) is 12.7. The van der Waals surface area contributed by atoms with Crippen molar-refractivity contribution in [2.45, 2.75) is 12.5 Å². The first-order chi connectivity index (χ1) is 9.38. The van der Waals surface area contributed by atoms with Crippen molar-refractivity contribution in [3.8, 4) is 5.75 Å². The number of ether oxygens (including phenoxy) is 1. The number of halogens is 2. The quantitative estimate of drug-likeness (QED) is 0.877. The van der Waals surface area contributed by atoms with Gasteiger partial charge in [0.25, 0.3) is 0 Å². The van der Waals surface area contributed by atoms with E-state index in [1.807, 2.05) is 11.6 Å². The lowest BCUT2D eigenvalue weighted by Gasteiger charge is -2.07. The van der Waals surface area contributed by atoms with Gasteiger partial charge in [0.15, 0.2) is 0 Å². The summed E-state index contributed by atoms with van der Waals surface area (Å²) in [5.74, 6) is -0.379. The minimum Gasteiger partial charge on any atom is -0.495 e. The Kier molecular flexibility index (Phi) is 4.27. The lowest BCUT2D eigenvalue weighted by Crippen LogP contribution is -2.32. The molecule has 0 saturated carbocycles. The van der Waals surface area contributed by atoms with E-state index in [1.54, 1.807) is 19.2 Å². The third-order valence-electron chi connectivity index (χ3n) is 3.23. The van der Waals surface area contributed by atoms with Crippen LogP contribution >= 0.6 is 27.5 Å². The number of aryl methyl sites for hydroxylation is 1. The molecule has 5 nitrogen and oxygen atoms in total. The van der Waals surface area contributed by atoms with Crippen molar-refractivity contribution >= 4 is 44.4 Å². The summed E-state index contributed by atoms with van der Waals surface area (Å²) in [6.45, 7) is 0. The fourth-order valence-corrected chi connectivity index (χ4v) is 3.03. The molecule has 1 heterocycles. The smallest absolute Gasteiger partial charge is 0.320 e. The average Bonchev–Trinajstić information content (AvgIpc) is 2.65. The molecule has 2 aromatic rings. The highest BCUT2D eigenvalue weighted by Gasteiger charge is 2.23. The highest BCUT2D eigenvalue weighted by Crippen LogP contribution is 2.39.